The number of hydrogen-bond acceptors (Lipinski definition) is 3. The van der Waals surface area contributed by atoms with Crippen molar-refractivity contribution in [1.29, 1.82) is 0 Å². The van der Waals surface area contributed by atoms with Crippen LogP contribution >= 0.6 is 27.3 Å². The minimum absolute atomic E-state index is 0.00459. The molecular formula is C15H10BrFN2OS. The molecule has 0 saturated carbocycles. The number of halogens is 2. The third kappa shape index (κ3) is 2.82. The molecular weight excluding hydrogens is 355 g/mol. The number of rotatable bonds is 2. The summed E-state index contributed by atoms with van der Waals surface area (Å²) in [6.07, 6.45) is 0. The number of fused-ring (bicyclic) bond motifs is 1. The van der Waals surface area contributed by atoms with Crippen LogP contribution in [0.5, 0.6) is 0 Å². The van der Waals surface area contributed by atoms with Crippen LogP contribution in [-0.4, -0.2) is 10.9 Å². The predicted molar refractivity (Wildman–Crippen MR) is 86.4 cm³/mol. The molecule has 2 aromatic carbocycles. The largest absolute Gasteiger partial charge is 0.322 e. The Morgan fingerprint density at radius 1 is 1.33 bits per heavy atom. The van der Waals surface area contributed by atoms with Gasteiger partial charge < -0.3 is 5.32 Å². The van der Waals surface area contributed by atoms with Crippen LogP contribution < -0.4 is 5.32 Å². The molecule has 3 rings (SSSR count). The summed E-state index contributed by atoms with van der Waals surface area (Å²) in [7, 11) is 0. The molecule has 1 heterocycles. The summed E-state index contributed by atoms with van der Waals surface area (Å²) in [5, 5.41) is 3.67. The maximum absolute atomic E-state index is 13.9. The number of nitrogens with one attached hydrogen (secondary N) is 1. The highest BCUT2D eigenvalue weighted by Gasteiger charge is 2.14. The summed E-state index contributed by atoms with van der Waals surface area (Å²) >= 11 is 4.62. The van der Waals surface area contributed by atoms with Gasteiger partial charge in [0.15, 0.2) is 0 Å². The number of hydrogen-bond donors (Lipinski definition) is 1. The fraction of sp³-hybridized carbons (Fsp3) is 0.0667. The van der Waals surface area contributed by atoms with Crippen LogP contribution in [0.4, 0.5) is 10.1 Å². The molecule has 0 aliphatic heterocycles. The lowest BCUT2D eigenvalue weighted by Gasteiger charge is -2.07. The molecule has 0 radical (unpaired) electrons. The molecule has 0 bridgehead atoms. The zero-order chi connectivity index (χ0) is 15.0. The van der Waals surface area contributed by atoms with Crippen LogP contribution in [-0.2, 0) is 0 Å². The van der Waals surface area contributed by atoms with Crippen LogP contribution in [0.1, 0.15) is 15.4 Å². The molecule has 0 saturated heterocycles. The van der Waals surface area contributed by atoms with Crippen LogP contribution in [0.2, 0.25) is 0 Å². The van der Waals surface area contributed by atoms with Gasteiger partial charge in [-0.05, 0) is 53.2 Å². The van der Waals surface area contributed by atoms with Crippen molar-refractivity contribution in [3.05, 3.63) is 57.3 Å². The second-order valence-corrected chi connectivity index (χ2v) is 6.56. The standard InChI is InChI=1S/C15H10BrFN2OS/c1-8-18-12-6-5-9(7-13(12)21-8)19-15(20)10-3-2-4-11(16)14(10)17/h2-7H,1H3,(H,19,20). The first-order chi connectivity index (χ1) is 10.0. The maximum Gasteiger partial charge on any atom is 0.258 e. The number of amides is 1. The van der Waals surface area contributed by atoms with Crippen molar-refractivity contribution in [1.82, 2.24) is 4.98 Å². The van der Waals surface area contributed by atoms with Crippen LogP contribution in [0.3, 0.4) is 0 Å². The third-order valence-corrected chi connectivity index (χ3v) is 4.50. The van der Waals surface area contributed by atoms with Crippen molar-refractivity contribution < 1.29 is 9.18 Å². The molecule has 1 amide bonds. The van der Waals surface area contributed by atoms with Gasteiger partial charge in [0.05, 0.1) is 25.3 Å². The highest BCUT2D eigenvalue weighted by molar-refractivity contribution is 9.10. The number of carbonyl (C=O) groups excluding carboxylic acids is 1. The third-order valence-electron chi connectivity index (χ3n) is 2.95. The Balaban J connectivity index is 1.90. The molecule has 6 heteroatoms. The molecule has 1 N–H and O–H groups in total. The topological polar surface area (TPSA) is 42.0 Å². The number of nitrogens with zero attached hydrogens (tertiary/aromatic N) is 1. The molecule has 106 valence electrons. The van der Waals surface area contributed by atoms with Gasteiger partial charge in [0, 0.05) is 5.69 Å². The molecule has 0 atom stereocenters. The van der Waals surface area contributed by atoms with E-state index in [-0.39, 0.29) is 10.0 Å². The Kier molecular flexibility index (Phi) is 3.73. The average molecular weight is 365 g/mol. The van der Waals surface area contributed by atoms with Crippen LogP contribution in [0.15, 0.2) is 40.9 Å². The van der Waals surface area contributed by atoms with Gasteiger partial charge in [0.25, 0.3) is 5.91 Å². The summed E-state index contributed by atoms with van der Waals surface area (Å²) < 4.78 is 15.1. The van der Waals surface area contributed by atoms with Gasteiger partial charge in [-0.2, -0.15) is 0 Å². The van der Waals surface area contributed by atoms with Gasteiger partial charge in [0.1, 0.15) is 5.82 Å². The van der Waals surface area contributed by atoms with Crippen molar-refractivity contribution in [3.8, 4) is 0 Å². The van der Waals surface area contributed by atoms with E-state index in [9.17, 15) is 9.18 Å². The fourth-order valence-corrected chi connectivity index (χ4v) is 3.23. The lowest BCUT2D eigenvalue weighted by Crippen LogP contribution is -2.13. The zero-order valence-electron chi connectivity index (χ0n) is 11.0. The Morgan fingerprint density at radius 2 is 2.14 bits per heavy atom. The number of aryl methyl sites for hydroxylation is 1. The van der Waals surface area contributed by atoms with Crippen LogP contribution in [0, 0.1) is 12.7 Å². The molecule has 0 spiro atoms. The van der Waals surface area contributed by atoms with E-state index in [0.717, 1.165) is 15.2 Å². The number of anilines is 1. The monoisotopic (exact) mass is 364 g/mol. The van der Waals surface area contributed by atoms with Gasteiger partial charge in [-0.3, -0.25) is 4.79 Å². The summed E-state index contributed by atoms with van der Waals surface area (Å²) in [5.41, 5.74) is 1.52. The van der Waals surface area contributed by atoms with Crippen molar-refractivity contribution in [2.75, 3.05) is 5.32 Å². The van der Waals surface area contributed by atoms with Gasteiger partial charge in [-0.1, -0.05) is 6.07 Å². The molecule has 0 aliphatic rings. The zero-order valence-corrected chi connectivity index (χ0v) is 13.4. The minimum Gasteiger partial charge on any atom is -0.322 e. The van der Waals surface area contributed by atoms with Crippen molar-refractivity contribution in [2.45, 2.75) is 6.92 Å². The normalized spacial score (nSPS) is 10.8. The first-order valence-electron chi connectivity index (χ1n) is 6.17. The van der Waals surface area contributed by atoms with Crippen molar-refractivity contribution >= 4 is 49.1 Å². The van der Waals surface area contributed by atoms with Gasteiger partial charge in [-0.15, -0.1) is 11.3 Å². The van der Waals surface area contributed by atoms with E-state index < -0.39 is 11.7 Å². The lowest BCUT2D eigenvalue weighted by molar-refractivity contribution is 0.102. The highest BCUT2D eigenvalue weighted by atomic mass is 79.9. The molecule has 21 heavy (non-hydrogen) atoms. The van der Waals surface area contributed by atoms with Crippen molar-refractivity contribution in [3.63, 3.8) is 0 Å². The maximum atomic E-state index is 13.9. The van der Waals surface area contributed by atoms with E-state index in [2.05, 4.69) is 26.2 Å². The molecule has 3 aromatic rings. The molecule has 1 aromatic heterocycles. The molecule has 0 aliphatic carbocycles. The van der Waals surface area contributed by atoms with Gasteiger partial charge >= 0.3 is 0 Å². The molecule has 0 unspecified atom stereocenters. The molecule has 0 fully saturated rings. The second-order valence-electron chi connectivity index (χ2n) is 4.47. The van der Waals surface area contributed by atoms with Gasteiger partial charge in [-0.25, -0.2) is 9.37 Å². The predicted octanol–water partition coefficient (Wildman–Crippen LogP) is 4.76. The quantitative estimate of drug-likeness (QED) is 0.712. The van der Waals surface area contributed by atoms with E-state index in [1.807, 2.05) is 19.1 Å². The first kappa shape index (κ1) is 14.2. The number of carbonyl (C=O) groups is 1. The summed E-state index contributed by atoms with van der Waals surface area (Å²) in [5.74, 6) is -1.04. The SMILES string of the molecule is Cc1nc2ccc(NC(=O)c3cccc(Br)c3F)cc2s1. The fourth-order valence-electron chi connectivity index (χ4n) is 2.00. The van der Waals surface area contributed by atoms with Crippen molar-refractivity contribution in [2.24, 2.45) is 0 Å². The summed E-state index contributed by atoms with van der Waals surface area (Å²) in [6, 6.07) is 10.1. The number of thiazole rings is 1. The average Bonchev–Trinajstić information content (AvgIpc) is 2.81. The minimum atomic E-state index is -0.565. The van der Waals surface area contributed by atoms with Gasteiger partial charge in [0.2, 0.25) is 0 Å². The van der Waals surface area contributed by atoms with E-state index >= 15 is 0 Å². The highest BCUT2D eigenvalue weighted by Crippen LogP contribution is 2.25. The van der Waals surface area contributed by atoms with E-state index in [1.165, 1.54) is 6.07 Å². The Morgan fingerprint density at radius 3 is 2.95 bits per heavy atom. The smallest absolute Gasteiger partial charge is 0.258 e. The first-order valence-corrected chi connectivity index (χ1v) is 7.78. The summed E-state index contributed by atoms with van der Waals surface area (Å²) in [6.45, 7) is 1.93. The molecule has 3 nitrogen and oxygen atoms in total. The number of benzene rings is 2. The summed E-state index contributed by atoms with van der Waals surface area (Å²) in [4.78, 5) is 16.5. The number of aromatic nitrogens is 1. The lowest BCUT2D eigenvalue weighted by atomic mass is 10.2. The Bertz CT molecular complexity index is 847. The van der Waals surface area contributed by atoms with E-state index in [4.69, 9.17) is 0 Å². The van der Waals surface area contributed by atoms with Crippen LogP contribution in [0.25, 0.3) is 10.2 Å². The van der Waals surface area contributed by atoms with E-state index in [1.54, 1.807) is 29.5 Å². The second kappa shape index (κ2) is 5.54. The van der Waals surface area contributed by atoms with E-state index in [0.29, 0.717) is 5.69 Å². The Hall–Kier alpha value is -1.79. The Labute approximate surface area is 133 Å².